The largest absolute Gasteiger partial charge is 0.486 e. The summed E-state index contributed by atoms with van der Waals surface area (Å²) in [5.74, 6) is 1.53. The standard InChI is InChI=1S/C8H9NO2.ClH/c9-6-1-2-7-8(5-6)11-4-3-10-7;/h1-2,5H,3-4,9H2;1H. The fourth-order valence-corrected chi connectivity index (χ4v) is 1.06. The van der Waals surface area contributed by atoms with Crippen LogP contribution in [0.25, 0.3) is 0 Å². The Morgan fingerprint density at radius 3 is 2.50 bits per heavy atom. The third kappa shape index (κ3) is 1.56. The predicted octanol–water partition coefficient (Wildman–Crippen LogP) is 1.46. The van der Waals surface area contributed by atoms with Crippen LogP contribution in [0.4, 0.5) is 5.69 Å². The molecule has 1 aromatic carbocycles. The molecule has 1 aromatic rings. The number of rotatable bonds is 0. The number of halogens is 1. The Kier molecular flexibility index (Phi) is 2.65. The van der Waals surface area contributed by atoms with Gasteiger partial charge < -0.3 is 15.2 Å². The van der Waals surface area contributed by atoms with Crippen LogP contribution in [0, 0.1) is 0 Å². The molecule has 0 aromatic heterocycles. The molecule has 0 amide bonds. The smallest absolute Gasteiger partial charge is 0.163 e. The molecule has 1 heterocycles. The van der Waals surface area contributed by atoms with Gasteiger partial charge in [0.2, 0.25) is 0 Å². The lowest BCUT2D eigenvalue weighted by atomic mass is 10.3. The van der Waals surface area contributed by atoms with Crippen LogP contribution in [0.2, 0.25) is 0 Å². The van der Waals surface area contributed by atoms with Crippen molar-refractivity contribution in [3.05, 3.63) is 18.2 Å². The SMILES string of the molecule is Cl.Nc1ccc2c(c1)OCCO2. The van der Waals surface area contributed by atoms with Crippen molar-refractivity contribution in [2.45, 2.75) is 0 Å². The first-order valence-electron chi connectivity index (χ1n) is 3.51. The molecule has 0 spiro atoms. The molecular weight excluding hydrogens is 178 g/mol. The molecule has 3 nitrogen and oxygen atoms in total. The summed E-state index contributed by atoms with van der Waals surface area (Å²) in [6, 6.07) is 5.39. The zero-order chi connectivity index (χ0) is 7.68. The number of fused-ring (bicyclic) bond motifs is 1. The minimum atomic E-state index is 0. The summed E-state index contributed by atoms with van der Waals surface area (Å²) < 4.78 is 10.6. The van der Waals surface area contributed by atoms with Crippen molar-refractivity contribution in [3.8, 4) is 11.5 Å². The summed E-state index contributed by atoms with van der Waals surface area (Å²) in [7, 11) is 0. The van der Waals surface area contributed by atoms with E-state index in [1.807, 2.05) is 6.07 Å². The van der Waals surface area contributed by atoms with E-state index in [0.29, 0.717) is 18.9 Å². The summed E-state index contributed by atoms with van der Waals surface area (Å²) in [4.78, 5) is 0. The molecule has 4 heteroatoms. The molecule has 0 radical (unpaired) electrons. The van der Waals surface area contributed by atoms with Gasteiger partial charge in [-0.1, -0.05) is 0 Å². The molecule has 0 aliphatic carbocycles. The van der Waals surface area contributed by atoms with Gasteiger partial charge >= 0.3 is 0 Å². The summed E-state index contributed by atoms with van der Waals surface area (Å²) in [6.07, 6.45) is 0. The van der Waals surface area contributed by atoms with E-state index < -0.39 is 0 Å². The maximum atomic E-state index is 5.55. The second-order valence-corrected chi connectivity index (χ2v) is 2.40. The van der Waals surface area contributed by atoms with Crippen LogP contribution in [0.5, 0.6) is 11.5 Å². The zero-order valence-corrected chi connectivity index (χ0v) is 7.26. The van der Waals surface area contributed by atoms with Gasteiger partial charge in [-0.2, -0.15) is 0 Å². The molecule has 2 rings (SSSR count). The van der Waals surface area contributed by atoms with Gasteiger partial charge in [-0.15, -0.1) is 12.4 Å². The Morgan fingerprint density at radius 2 is 1.75 bits per heavy atom. The van der Waals surface area contributed by atoms with Crippen molar-refractivity contribution >= 4 is 18.1 Å². The van der Waals surface area contributed by atoms with Crippen molar-refractivity contribution in [1.82, 2.24) is 0 Å². The summed E-state index contributed by atoms with van der Waals surface area (Å²) in [6.45, 7) is 1.23. The highest BCUT2D eigenvalue weighted by atomic mass is 35.5. The lowest BCUT2D eigenvalue weighted by molar-refractivity contribution is 0.171. The predicted molar refractivity (Wildman–Crippen MR) is 49.1 cm³/mol. The van der Waals surface area contributed by atoms with Gasteiger partial charge in [0, 0.05) is 11.8 Å². The minimum Gasteiger partial charge on any atom is -0.486 e. The van der Waals surface area contributed by atoms with E-state index in [1.165, 1.54) is 0 Å². The van der Waals surface area contributed by atoms with Gasteiger partial charge in [-0.25, -0.2) is 0 Å². The average Bonchev–Trinajstić information content (AvgIpc) is 2.04. The summed E-state index contributed by atoms with van der Waals surface area (Å²) in [5.41, 5.74) is 6.25. The second kappa shape index (κ2) is 3.54. The van der Waals surface area contributed by atoms with E-state index in [4.69, 9.17) is 15.2 Å². The topological polar surface area (TPSA) is 44.5 Å². The Hall–Kier alpha value is -1.09. The first-order valence-corrected chi connectivity index (χ1v) is 3.51. The van der Waals surface area contributed by atoms with E-state index in [-0.39, 0.29) is 12.4 Å². The molecule has 0 fully saturated rings. The van der Waals surface area contributed by atoms with Crippen LogP contribution >= 0.6 is 12.4 Å². The first kappa shape index (κ1) is 9.00. The number of ether oxygens (including phenoxy) is 2. The maximum absolute atomic E-state index is 5.55. The van der Waals surface area contributed by atoms with Crippen molar-refractivity contribution in [1.29, 1.82) is 0 Å². The molecule has 2 N–H and O–H groups in total. The highest BCUT2D eigenvalue weighted by molar-refractivity contribution is 5.85. The van der Waals surface area contributed by atoms with Crippen LogP contribution in [0.1, 0.15) is 0 Å². The fraction of sp³-hybridized carbons (Fsp3) is 0.250. The van der Waals surface area contributed by atoms with Crippen LogP contribution in [-0.2, 0) is 0 Å². The molecule has 0 bridgehead atoms. The van der Waals surface area contributed by atoms with Gasteiger partial charge in [-0.3, -0.25) is 0 Å². The van der Waals surface area contributed by atoms with Gasteiger partial charge in [0.25, 0.3) is 0 Å². The number of hydrogen-bond acceptors (Lipinski definition) is 3. The molecule has 12 heavy (non-hydrogen) atoms. The lowest BCUT2D eigenvalue weighted by Gasteiger charge is -2.17. The third-order valence-electron chi connectivity index (χ3n) is 1.57. The third-order valence-corrected chi connectivity index (χ3v) is 1.57. The van der Waals surface area contributed by atoms with Crippen LogP contribution in [0.3, 0.4) is 0 Å². The zero-order valence-electron chi connectivity index (χ0n) is 6.45. The Bertz CT molecular complexity index is 278. The fourth-order valence-electron chi connectivity index (χ4n) is 1.06. The second-order valence-electron chi connectivity index (χ2n) is 2.40. The Balaban J connectivity index is 0.000000720. The van der Waals surface area contributed by atoms with Crippen LogP contribution in [-0.4, -0.2) is 13.2 Å². The molecule has 1 aliphatic rings. The van der Waals surface area contributed by atoms with E-state index in [0.717, 1.165) is 11.5 Å². The van der Waals surface area contributed by atoms with E-state index >= 15 is 0 Å². The number of hydrogen-bond donors (Lipinski definition) is 1. The van der Waals surface area contributed by atoms with E-state index in [1.54, 1.807) is 12.1 Å². The molecule has 1 aliphatic heterocycles. The van der Waals surface area contributed by atoms with Crippen molar-refractivity contribution in [2.24, 2.45) is 0 Å². The molecule has 66 valence electrons. The van der Waals surface area contributed by atoms with Gasteiger partial charge in [0.05, 0.1) is 0 Å². The monoisotopic (exact) mass is 187 g/mol. The first-order chi connectivity index (χ1) is 5.36. The van der Waals surface area contributed by atoms with E-state index in [9.17, 15) is 0 Å². The summed E-state index contributed by atoms with van der Waals surface area (Å²) in [5, 5.41) is 0. The maximum Gasteiger partial charge on any atom is 0.163 e. The molecule has 0 saturated heterocycles. The quantitative estimate of drug-likeness (QED) is 0.626. The van der Waals surface area contributed by atoms with Crippen molar-refractivity contribution in [2.75, 3.05) is 18.9 Å². The normalized spacial score (nSPS) is 13.3. The highest BCUT2D eigenvalue weighted by Gasteiger charge is 2.09. The van der Waals surface area contributed by atoms with Gasteiger partial charge in [-0.05, 0) is 12.1 Å². The molecule has 0 unspecified atom stereocenters. The summed E-state index contributed by atoms with van der Waals surface area (Å²) >= 11 is 0. The number of benzene rings is 1. The Morgan fingerprint density at radius 1 is 1.08 bits per heavy atom. The van der Waals surface area contributed by atoms with Crippen LogP contribution < -0.4 is 15.2 Å². The van der Waals surface area contributed by atoms with Crippen LogP contribution in [0.15, 0.2) is 18.2 Å². The number of nitrogens with two attached hydrogens (primary N) is 1. The van der Waals surface area contributed by atoms with Crippen molar-refractivity contribution < 1.29 is 9.47 Å². The van der Waals surface area contributed by atoms with Crippen molar-refractivity contribution in [3.63, 3.8) is 0 Å². The molecular formula is C8H10ClNO2. The lowest BCUT2D eigenvalue weighted by Crippen LogP contribution is -2.15. The number of nitrogen functional groups attached to an aromatic ring is 1. The highest BCUT2D eigenvalue weighted by Crippen LogP contribution is 2.31. The molecule has 0 saturated carbocycles. The number of anilines is 1. The minimum absolute atomic E-state index is 0. The average molecular weight is 188 g/mol. The van der Waals surface area contributed by atoms with Gasteiger partial charge in [0.1, 0.15) is 13.2 Å². The van der Waals surface area contributed by atoms with E-state index in [2.05, 4.69) is 0 Å². The molecule has 0 atom stereocenters. The van der Waals surface area contributed by atoms with Gasteiger partial charge in [0.15, 0.2) is 11.5 Å². The Labute approximate surface area is 76.9 Å².